The summed E-state index contributed by atoms with van der Waals surface area (Å²) in [5.41, 5.74) is 8.03. The monoisotopic (exact) mass is 352 g/mol. The molecular formula is C20H24N4O2. The Morgan fingerprint density at radius 3 is 2.00 bits per heavy atom. The Morgan fingerprint density at radius 1 is 0.808 bits per heavy atom. The van der Waals surface area contributed by atoms with Gasteiger partial charge in [-0.15, -0.1) is 0 Å². The molecule has 3 rings (SSSR count). The number of hydrogen-bond donors (Lipinski definition) is 4. The first kappa shape index (κ1) is 17.9. The van der Waals surface area contributed by atoms with Gasteiger partial charge >= 0.3 is 6.03 Å². The molecule has 2 aromatic carbocycles. The zero-order valence-corrected chi connectivity index (χ0v) is 14.6. The van der Waals surface area contributed by atoms with Gasteiger partial charge in [0.2, 0.25) is 5.91 Å². The second-order valence-electron chi connectivity index (χ2n) is 6.64. The number of carbonyl (C=O) groups excluding carboxylic acids is 2. The van der Waals surface area contributed by atoms with Crippen LogP contribution in [0.1, 0.15) is 25.7 Å². The van der Waals surface area contributed by atoms with Crippen LogP contribution >= 0.6 is 0 Å². The Kier molecular flexibility index (Phi) is 5.86. The number of urea groups is 1. The highest BCUT2D eigenvalue weighted by Gasteiger charge is 2.25. The predicted octanol–water partition coefficient (Wildman–Crippen LogP) is 3.79. The van der Waals surface area contributed by atoms with Crippen LogP contribution < -0.4 is 21.7 Å². The molecule has 1 aliphatic carbocycles. The third kappa shape index (κ3) is 5.07. The lowest BCUT2D eigenvalue weighted by Crippen LogP contribution is -2.34. The molecule has 1 aliphatic rings. The lowest BCUT2D eigenvalue weighted by atomic mass is 9.85. The van der Waals surface area contributed by atoms with E-state index in [1.165, 1.54) is 0 Å². The SMILES string of the molecule is NC1CCCC(C(=O)Nc2ccc(NC(=O)Nc3ccccc3)cc2)C1. The van der Waals surface area contributed by atoms with Crippen molar-refractivity contribution in [3.05, 3.63) is 54.6 Å². The zero-order chi connectivity index (χ0) is 18.4. The van der Waals surface area contributed by atoms with Crippen LogP contribution in [-0.2, 0) is 4.79 Å². The second kappa shape index (κ2) is 8.49. The Hall–Kier alpha value is -2.86. The Labute approximate surface area is 153 Å². The van der Waals surface area contributed by atoms with Crippen molar-refractivity contribution in [3.63, 3.8) is 0 Å². The van der Waals surface area contributed by atoms with Gasteiger partial charge in [-0.3, -0.25) is 4.79 Å². The van der Waals surface area contributed by atoms with Crippen molar-refractivity contribution >= 4 is 29.0 Å². The van der Waals surface area contributed by atoms with Gasteiger partial charge in [-0.2, -0.15) is 0 Å². The average Bonchev–Trinajstić information content (AvgIpc) is 2.64. The van der Waals surface area contributed by atoms with E-state index in [9.17, 15) is 9.59 Å². The van der Waals surface area contributed by atoms with Crippen molar-refractivity contribution < 1.29 is 9.59 Å². The fraction of sp³-hybridized carbons (Fsp3) is 0.300. The maximum absolute atomic E-state index is 12.3. The van der Waals surface area contributed by atoms with Crippen molar-refractivity contribution in [3.8, 4) is 0 Å². The topological polar surface area (TPSA) is 96.2 Å². The fourth-order valence-electron chi connectivity index (χ4n) is 3.16. The minimum absolute atomic E-state index is 0.0164. The fourth-order valence-corrected chi connectivity index (χ4v) is 3.16. The van der Waals surface area contributed by atoms with Crippen molar-refractivity contribution in [1.29, 1.82) is 0 Å². The maximum atomic E-state index is 12.3. The molecule has 2 aromatic rings. The van der Waals surface area contributed by atoms with Crippen LogP contribution in [0.15, 0.2) is 54.6 Å². The lowest BCUT2D eigenvalue weighted by molar-refractivity contribution is -0.120. The summed E-state index contributed by atoms with van der Waals surface area (Å²) in [6, 6.07) is 16.1. The zero-order valence-electron chi connectivity index (χ0n) is 14.6. The number of para-hydroxylation sites is 1. The molecule has 6 heteroatoms. The van der Waals surface area contributed by atoms with Crippen molar-refractivity contribution in [1.82, 2.24) is 0 Å². The minimum Gasteiger partial charge on any atom is -0.328 e. The molecule has 6 nitrogen and oxygen atoms in total. The number of hydrogen-bond acceptors (Lipinski definition) is 3. The number of carbonyl (C=O) groups is 2. The molecule has 1 saturated carbocycles. The van der Waals surface area contributed by atoms with Crippen LogP contribution in [0, 0.1) is 5.92 Å². The Bertz CT molecular complexity index is 746. The van der Waals surface area contributed by atoms with E-state index < -0.39 is 0 Å². The van der Waals surface area contributed by atoms with Gasteiger partial charge in [-0.25, -0.2) is 4.79 Å². The quantitative estimate of drug-likeness (QED) is 0.674. The van der Waals surface area contributed by atoms with Gasteiger partial charge in [0.1, 0.15) is 0 Å². The normalized spacial score (nSPS) is 19.4. The molecule has 3 amide bonds. The summed E-state index contributed by atoms with van der Waals surface area (Å²) < 4.78 is 0. The second-order valence-corrected chi connectivity index (χ2v) is 6.64. The highest BCUT2D eigenvalue weighted by atomic mass is 16.2. The van der Waals surface area contributed by atoms with Crippen molar-refractivity contribution in [2.75, 3.05) is 16.0 Å². The minimum atomic E-state index is -0.316. The van der Waals surface area contributed by atoms with Crippen LogP contribution in [0.5, 0.6) is 0 Å². The molecule has 136 valence electrons. The maximum Gasteiger partial charge on any atom is 0.323 e. The number of anilines is 3. The highest BCUT2D eigenvalue weighted by molar-refractivity contribution is 6.00. The third-order valence-corrected chi connectivity index (χ3v) is 4.53. The van der Waals surface area contributed by atoms with Crippen LogP contribution in [0.25, 0.3) is 0 Å². The molecule has 0 bridgehead atoms. The standard InChI is InChI=1S/C20H24N4O2/c21-15-6-4-5-14(13-15)19(25)22-17-9-11-18(12-10-17)24-20(26)23-16-7-2-1-3-8-16/h1-3,7-12,14-15H,4-6,13,21H2,(H,22,25)(H2,23,24,26). The Morgan fingerprint density at radius 2 is 1.38 bits per heavy atom. The first-order valence-electron chi connectivity index (χ1n) is 8.90. The number of nitrogens with one attached hydrogen (secondary N) is 3. The average molecular weight is 352 g/mol. The van der Waals surface area contributed by atoms with E-state index in [1.807, 2.05) is 30.3 Å². The largest absolute Gasteiger partial charge is 0.328 e. The molecule has 0 radical (unpaired) electrons. The van der Waals surface area contributed by atoms with Gasteiger partial charge in [-0.05, 0) is 55.7 Å². The summed E-state index contributed by atoms with van der Waals surface area (Å²) in [4.78, 5) is 24.3. The molecule has 1 fully saturated rings. The first-order valence-corrected chi connectivity index (χ1v) is 8.90. The van der Waals surface area contributed by atoms with Gasteiger partial charge < -0.3 is 21.7 Å². The molecule has 2 atom stereocenters. The van der Waals surface area contributed by atoms with Gasteiger partial charge in [0.25, 0.3) is 0 Å². The molecule has 5 N–H and O–H groups in total. The molecule has 0 aromatic heterocycles. The molecule has 2 unspecified atom stereocenters. The first-order chi connectivity index (χ1) is 12.6. The van der Waals surface area contributed by atoms with Crippen LogP contribution in [0.2, 0.25) is 0 Å². The Balaban J connectivity index is 1.51. The van der Waals surface area contributed by atoms with E-state index in [4.69, 9.17) is 5.73 Å². The van der Waals surface area contributed by atoms with Gasteiger partial charge in [0.15, 0.2) is 0 Å². The summed E-state index contributed by atoms with van der Waals surface area (Å²) in [6.07, 6.45) is 3.62. The van der Waals surface area contributed by atoms with E-state index in [0.717, 1.165) is 31.4 Å². The molecule has 0 heterocycles. The summed E-state index contributed by atoms with van der Waals surface area (Å²) in [5, 5.41) is 8.44. The number of benzene rings is 2. The number of rotatable bonds is 4. The van der Waals surface area contributed by atoms with Crippen LogP contribution in [0.3, 0.4) is 0 Å². The van der Waals surface area contributed by atoms with Crippen LogP contribution in [0.4, 0.5) is 21.9 Å². The number of nitrogens with two attached hydrogens (primary N) is 1. The van der Waals surface area contributed by atoms with E-state index in [1.54, 1.807) is 24.3 Å². The lowest BCUT2D eigenvalue weighted by Gasteiger charge is -2.25. The molecule has 0 aliphatic heterocycles. The summed E-state index contributed by atoms with van der Waals surface area (Å²) in [5.74, 6) is -0.00381. The van der Waals surface area contributed by atoms with E-state index in [2.05, 4.69) is 16.0 Å². The predicted molar refractivity (Wildman–Crippen MR) is 104 cm³/mol. The summed E-state index contributed by atoms with van der Waals surface area (Å²) in [7, 11) is 0. The third-order valence-electron chi connectivity index (χ3n) is 4.53. The molecule has 0 spiro atoms. The van der Waals surface area contributed by atoms with Crippen molar-refractivity contribution in [2.24, 2.45) is 11.7 Å². The van der Waals surface area contributed by atoms with Gasteiger partial charge in [0, 0.05) is 29.0 Å². The van der Waals surface area contributed by atoms with Crippen molar-refractivity contribution in [2.45, 2.75) is 31.7 Å². The molecule has 0 saturated heterocycles. The number of amides is 3. The summed E-state index contributed by atoms with van der Waals surface area (Å²) in [6.45, 7) is 0. The van der Waals surface area contributed by atoms with Gasteiger partial charge in [-0.1, -0.05) is 24.6 Å². The molecular weight excluding hydrogens is 328 g/mol. The highest BCUT2D eigenvalue weighted by Crippen LogP contribution is 2.25. The van der Waals surface area contributed by atoms with E-state index in [-0.39, 0.29) is 23.9 Å². The van der Waals surface area contributed by atoms with E-state index in [0.29, 0.717) is 11.4 Å². The smallest absolute Gasteiger partial charge is 0.323 e. The summed E-state index contributed by atoms with van der Waals surface area (Å²) >= 11 is 0. The van der Waals surface area contributed by atoms with Gasteiger partial charge in [0.05, 0.1) is 0 Å². The van der Waals surface area contributed by atoms with Crippen LogP contribution in [-0.4, -0.2) is 18.0 Å². The van der Waals surface area contributed by atoms with E-state index >= 15 is 0 Å². The molecule has 26 heavy (non-hydrogen) atoms.